The standard InChI is InChI=1S/C10H12ClF3N2O3/c11-7-1-6(10(12,13)14)2-15-8(7)16-9(3-17,4-18)5-19/h1-2,17-19H,3-5H2,(H,15,16). The summed E-state index contributed by atoms with van der Waals surface area (Å²) in [5.74, 6) is -0.174. The fourth-order valence-corrected chi connectivity index (χ4v) is 1.42. The van der Waals surface area contributed by atoms with E-state index in [-0.39, 0.29) is 10.8 Å². The zero-order valence-corrected chi connectivity index (χ0v) is 10.3. The van der Waals surface area contributed by atoms with E-state index in [0.29, 0.717) is 12.3 Å². The number of aliphatic hydroxyl groups is 3. The van der Waals surface area contributed by atoms with Crippen molar-refractivity contribution in [2.24, 2.45) is 0 Å². The van der Waals surface area contributed by atoms with Gasteiger partial charge >= 0.3 is 6.18 Å². The van der Waals surface area contributed by atoms with E-state index in [4.69, 9.17) is 26.9 Å². The lowest BCUT2D eigenvalue weighted by Crippen LogP contribution is -2.49. The maximum absolute atomic E-state index is 12.4. The van der Waals surface area contributed by atoms with E-state index < -0.39 is 37.1 Å². The third-order valence-electron chi connectivity index (χ3n) is 2.46. The number of pyridine rings is 1. The van der Waals surface area contributed by atoms with Crippen molar-refractivity contribution in [1.82, 2.24) is 4.98 Å². The Morgan fingerprint density at radius 2 is 1.68 bits per heavy atom. The van der Waals surface area contributed by atoms with Gasteiger partial charge in [0.1, 0.15) is 11.4 Å². The molecule has 0 unspecified atom stereocenters. The summed E-state index contributed by atoms with van der Waals surface area (Å²) >= 11 is 5.64. The van der Waals surface area contributed by atoms with Gasteiger partial charge in [0, 0.05) is 6.20 Å². The van der Waals surface area contributed by atoms with Crippen LogP contribution in [0, 0.1) is 0 Å². The maximum atomic E-state index is 12.4. The Morgan fingerprint density at radius 3 is 2.05 bits per heavy atom. The van der Waals surface area contributed by atoms with Crippen LogP contribution in [0.2, 0.25) is 5.02 Å². The van der Waals surface area contributed by atoms with E-state index in [0.717, 1.165) is 0 Å². The molecule has 0 spiro atoms. The first kappa shape index (κ1) is 16.0. The Labute approximate surface area is 111 Å². The van der Waals surface area contributed by atoms with Crippen LogP contribution in [0.5, 0.6) is 0 Å². The Hall–Kier alpha value is -1.09. The predicted octanol–water partition coefficient (Wildman–Crippen LogP) is 0.881. The molecule has 108 valence electrons. The minimum absolute atomic E-state index is 0.174. The van der Waals surface area contributed by atoms with Crippen LogP contribution in [0.3, 0.4) is 0 Å². The van der Waals surface area contributed by atoms with Crippen molar-refractivity contribution in [3.63, 3.8) is 0 Å². The van der Waals surface area contributed by atoms with E-state index in [9.17, 15) is 13.2 Å². The molecule has 0 amide bonds. The van der Waals surface area contributed by atoms with E-state index >= 15 is 0 Å². The quantitative estimate of drug-likeness (QED) is 0.649. The van der Waals surface area contributed by atoms with Crippen LogP contribution in [0.4, 0.5) is 19.0 Å². The van der Waals surface area contributed by atoms with E-state index in [2.05, 4.69) is 10.3 Å². The molecule has 0 atom stereocenters. The third kappa shape index (κ3) is 3.69. The minimum atomic E-state index is -4.57. The van der Waals surface area contributed by atoms with Crippen LogP contribution in [0.25, 0.3) is 0 Å². The molecule has 1 heterocycles. The number of aliphatic hydroxyl groups excluding tert-OH is 3. The van der Waals surface area contributed by atoms with Gasteiger partial charge in [0.15, 0.2) is 0 Å². The first-order valence-corrected chi connectivity index (χ1v) is 5.49. The number of hydrogen-bond donors (Lipinski definition) is 4. The van der Waals surface area contributed by atoms with Crippen molar-refractivity contribution >= 4 is 17.4 Å². The molecule has 0 bridgehead atoms. The molecule has 0 aliphatic carbocycles. The van der Waals surface area contributed by atoms with Crippen molar-refractivity contribution in [1.29, 1.82) is 0 Å². The lowest BCUT2D eigenvalue weighted by molar-refractivity contribution is -0.137. The maximum Gasteiger partial charge on any atom is 0.417 e. The number of halogens is 4. The predicted molar refractivity (Wildman–Crippen MR) is 61.9 cm³/mol. The first-order valence-electron chi connectivity index (χ1n) is 5.11. The first-order chi connectivity index (χ1) is 8.78. The molecule has 0 fully saturated rings. The van der Waals surface area contributed by atoms with Crippen LogP contribution in [-0.4, -0.2) is 45.7 Å². The van der Waals surface area contributed by atoms with E-state index in [1.165, 1.54) is 0 Å². The van der Waals surface area contributed by atoms with Gasteiger partial charge < -0.3 is 20.6 Å². The summed E-state index contributed by atoms with van der Waals surface area (Å²) in [6, 6.07) is 0.660. The Bertz CT molecular complexity index is 430. The molecule has 4 N–H and O–H groups in total. The van der Waals surface area contributed by atoms with Gasteiger partial charge in [-0.15, -0.1) is 0 Å². The molecule has 1 aromatic rings. The number of alkyl halides is 3. The van der Waals surface area contributed by atoms with Crippen molar-refractivity contribution in [3.8, 4) is 0 Å². The molecule has 9 heteroatoms. The molecule has 0 saturated heterocycles. The minimum Gasteiger partial charge on any atom is -0.394 e. The Kier molecular flexibility index (Phi) is 4.97. The van der Waals surface area contributed by atoms with Crippen molar-refractivity contribution in [2.75, 3.05) is 25.1 Å². The topological polar surface area (TPSA) is 85.6 Å². The fourth-order valence-electron chi connectivity index (χ4n) is 1.20. The summed E-state index contributed by atoms with van der Waals surface area (Å²) in [4.78, 5) is 3.48. The number of nitrogens with zero attached hydrogens (tertiary/aromatic N) is 1. The monoisotopic (exact) mass is 300 g/mol. The average Bonchev–Trinajstić information content (AvgIpc) is 2.37. The molecule has 0 saturated carbocycles. The van der Waals surface area contributed by atoms with Crippen molar-refractivity contribution in [2.45, 2.75) is 11.7 Å². The second kappa shape index (κ2) is 5.91. The molecule has 19 heavy (non-hydrogen) atoms. The molecule has 0 radical (unpaired) electrons. The van der Waals surface area contributed by atoms with Gasteiger partial charge in [0.2, 0.25) is 0 Å². The molecule has 1 rings (SSSR count). The normalized spacial score (nSPS) is 12.6. The summed E-state index contributed by atoms with van der Waals surface area (Å²) in [6.07, 6.45) is -4.01. The Balaban J connectivity index is 3.04. The van der Waals surface area contributed by atoms with Gasteiger partial charge in [-0.05, 0) is 6.07 Å². The Morgan fingerprint density at radius 1 is 1.16 bits per heavy atom. The van der Waals surface area contributed by atoms with Crippen molar-refractivity contribution < 1.29 is 28.5 Å². The number of aromatic nitrogens is 1. The molecular formula is C10H12ClF3N2O3. The van der Waals surface area contributed by atoms with Gasteiger partial charge in [0.25, 0.3) is 0 Å². The summed E-state index contributed by atoms with van der Waals surface area (Å²) < 4.78 is 37.2. The molecule has 0 aliphatic rings. The number of hydrogen-bond acceptors (Lipinski definition) is 5. The second-order valence-electron chi connectivity index (χ2n) is 3.93. The third-order valence-corrected chi connectivity index (χ3v) is 2.75. The van der Waals surface area contributed by atoms with Crippen LogP contribution in [0.15, 0.2) is 12.3 Å². The summed E-state index contributed by atoms with van der Waals surface area (Å²) in [6.45, 7) is -1.96. The highest BCUT2D eigenvalue weighted by Gasteiger charge is 2.33. The highest BCUT2D eigenvalue weighted by atomic mass is 35.5. The molecular weight excluding hydrogens is 289 g/mol. The van der Waals surface area contributed by atoms with Crippen LogP contribution >= 0.6 is 11.6 Å². The second-order valence-corrected chi connectivity index (χ2v) is 4.34. The fraction of sp³-hybridized carbons (Fsp3) is 0.500. The molecule has 0 aliphatic heterocycles. The molecule has 0 aromatic carbocycles. The number of anilines is 1. The van der Waals surface area contributed by atoms with E-state index in [1.54, 1.807) is 0 Å². The van der Waals surface area contributed by atoms with Gasteiger partial charge in [-0.25, -0.2) is 4.98 Å². The lowest BCUT2D eigenvalue weighted by Gasteiger charge is -2.29. The number of rotatable bonds is 5. The number of nitrogens with one attached hydrogen (secondary N) is 1. The van der Waals surface area contributed by atoms with Crippen LogP contribution in [-0.2, 0) is 6.18 Å². The summed E-state index contributed by atoms with van der Waals surface area (Å²) in [5.41, 5.74) is -2.54. The largest absolute Gasteiger partial charge is 0.417 e. The highest BCUT2D eigenvalue weighted by Crippen LogP contribution is 2.33. The zero-order chi connectivity index (χ0) is 14.7. The van der Waals surface area contributed by atoms with Crippen LogP contribution < -0.4 is 5.32 Å². The SMILES string of the molecule is OCC(CO)(CO)Nc1ncc(C(F)(F)F)cc1Cl. The molecule has 1 aromatic heterocycles. The summed E-state index contributed by atoms with van der Waals surface area (Å²) in [7, 11) is 0. The van der Waals surface area contributed by atoms with E-state index in [1.807, 2.05) is 0 Å². The van der Waals surface area contributed by atoms with Gasteiger partial charge in [-0.3, -0.25) is 0 Å². The zero-order valence-electron chi connectivity index (χ0n) is 9.58. The van der Waals surface area contributed by atoms with Gasteiger partial charge in [-0.1, -0.05) is 11.6 Å². The lowest BCUT2D eigenvalue weighted by atomic mass is 10.0. The summed E-state index contributed by atoms with van der Waals surface area (Å²) in [5, 5.41) is 29.3. The average molecular weight is 301 g/mol. The smallest absolute Gasteiger partial charge is 0.394 e. The van der Waals surface area contributed by atoms with Gasteiger partial charge in [0.05, 0.1) is 30.4 Å². The molecule has 5 nitrogen and oxygen atoms in total. The van der Waals surface area contributed by atoms with Crippen molar-refractivity contribution in [3.05, 3.63) is 22.8 Å². The van der Waals surface area contributed by atoms with Gasteiger partial charge in [-0.2, -0.15) is 13.2 Å². The highest BCUT2D eigenvalue weighted by molar-refractivity contribution is 6.33. The van der Waals surface area contributed by atoms with Crippen LogP contribution in [0.1, 0.15) is 5.56 Å².